The van der Waals surface area contributed by atoms with Crippen LogP contribution in [0.5, 0.6) is 0 Å². The maximum atomic E-state index is 13.3. The standard InChI is InChI=1S/C20H18F4N4O/c1-12(2)18-16(19(29)26-9-13-4-3-5-15(21)8-13)11-27-28(18)17-7-6-14(10-25-17)20(22,23)24/h3-8,10-12H,9H2,1-2H3,(H,26,29). The molecule has 152 valence electrons. The highest BCUT2D eigenvalue weighted by Gasteiger charge is 2.31. The number of rotatable bonds is 5. The number of benzene rings is 1. The number of halogens is 4. The van der Waals surface area contributed by atoms with Crippen molar-refractivity contribution in [2.45, 2.75) is 32.5 Å². The number of carbonyl (C=O) groups excluding carboxylic acids is 1. The molecule has 2 heterocycles. The van der Waals surface area contributed by atoms with Gasteiger partial charge in [0.25, 0.3) is 5.91 Å². The number of nitrogens with zero attached hydrogens (tertiary/aromatic N) is 3. The molecule has 0 fully saturated rings. The maximum absolute atomic E-state index is 13.3. The SMILES string of the molecule is CC(C)c1c(C(=O)NCc2cccc(F)c2)cnn1-c1ccc(C(F)(F)F)cn1. The Balaban J connectivity index is 1.85. The molecule has 0 aliphatic carbocycles. The van der Waals surface area contributed by atoms with Crippen LogP contribution in [0.1, 0.15) is 46.9 Å². The predicted octanol–water partition coefficient (Wildman–Crippen LogP) is 4.48. The molecule has 2 aromatic heterocycles. The minimum atomic E-state index is -4.49. The van der Waals surface area contributed by atoms with Crippen molar-refractivity contribution in [3.8, 4) is 5.82 Å². The smallest absolute Gasteiger partial charge is 0.348 e. The van der Waals surface area contributed by atoms with Crippen LogP contribution < -0.4 is 5.32 Å². The van der Waals surface area contributed by atoms with Gasteiger partial charge < -0.3 is 5.32 Å². The van der Waals surface area contributed by atoms with Gasteiger partial charge in [0.05, 0.1) is 23.0 Å². The molecule has 3 aromatic rings. The van der Waals surface area contributed by atoms with Crippen molar-refractivity contribution in [2.24, 2.45) is 0 Å². The van der Waals surface area contributed by atoms with Crippen molar-refractivity contribution in [2.75, 3.05) is 0 Å². The third-order valence-electron chi connectivity index (χ3n) is 4.23. The van der Waals surface area contributed by atoms with Crippen molar-refractivity contribution in [3.05, 3.63) is 77.0 Å². The fourth-order valence-corrected chi connectivity index (χ4v) is 2.87. The number of alkyl halides is 3. The molecule has 0 aliphatic heterocycles. The molecule has 0 atom stereocenters. The molecular weight excluding hydrogens is 388 g/mol. The maximum Gasteiger partial charge on any atom is 0.417 e. The number of hydrogen-bond donors (Lipinski definition) is 1. The minimum absolute atomic E-state index is 0.123. The molecule has 9 heteroatoms. The van der Waals surface area contributed by atoms with Gasteiger partial charge in [-0.2, -0.15) is 18.3 Å². The normalized spacial score (nSPS) is 11.7. The van der Waals surface area contributed by atoms with Gasteiger partial charge in [-0.15, -0.1) is 0 Å². The van der Waals surface area contributed by atoms with Crippen molar-refractivity contribution in [1.82, 2.24) is 20.1 Å². The zero-order chi connectivity index (χ0) is 21.2. The predicted molar refractivity (Wildman–Crippen MR) is 98.0 cm³/mol. The lowest BCUT2D eigenvalue weighted by molar-refractivity contribution is -0.137. The first-order valence-electron chi connectivity index (χ1n) is 8.81. The van der Waals surface area contributed by atoms with Crippen LogP contribution in [-0.2, 0) is 12.7 Å². The van der Waals surface area contributed by atoms with Gasteiger partial charge in [0.1, 0.15) is 5.82 Å². The van der Waals surface area contributed by atoms with Crippen LogP contribution in [0.15, 0.2) is 48.8 Å². The quantitative estimate of drug-likeness (QED) is 0.636. The molecule has 5 nitrogen and oxygen atoms in total. The molecule has 0 unspecified atom stereocenters. The van der Waals surface area contributed by atoms with E-state index in [1.807, 2.05) is 13.8 Å². The summed E-state index contributed by atoms with van der Waals surface area (Å²) in [4.78, 5) is 16.5. The highest BCUT2D eigenvalue weighted by atomic mass is 19.4. The van der Waals surface area contributed by atoms with E-state index in [1.165, 1.54) is 29.1 Å². The number of hydrogen-bond acceptors (Lipinski definition) is 3. The molecule has 0 aliphatic rings. The topological polar surface area (TPSA) is 59.8 Å². The first-order valence-corrected chi connectivity index (χ1v) is 8.81. The molecule has 0 bridgehead atoms. The Kier molecular flexibility index (Phi) is 5.67. The van der Waals surface area contributed by atoms with Crippen molar-refractivity contribution in [3.63, 3.8) is 0 Å². The van der Waals surface area contributed by atoms with Gasteiger partial charge in [0.2, 0.25) is 0 Å². The van der Waals surface area contributed by atoms with Crippen LogP contribution >= 0.6 is 0 Å². The van der Waals surface area contributed by atoms with Crippen LogP contribution in [0, 0.1) is 5.82 Å². The Labute approximate surface area is 164 Å². The summed E-state index contributed by atoms with van der Waals surface area (Å²) < 4.78 is 52.9. The summed E-state index contributed by atoms with van der Waals surface area (Å²) in [6, 6.07) is 7.98. The van der Waals surface area contributed by atoms with Crippen LogP contribution in [0.25, 0.3) is 5.82 Å². The third kappa shape index (κ3) is 4.61. The van der Waals surface area contributed by atoms with Gasteiger partial charge >= 0.3 is 6.18 Å². The fraction of sp³-hybridized carbons (Fsp3) is 0.250. The van der Waals surface area contributed by atoms with Crippen molar-refractivity contribution in [1.29, 1.82) is 0 Å². The fourth-order valence-electron chi connectivity index (χ4n) is 2.87. The summed E-state index contributed by atoms with van der Waals surface area (Å²) in [5, 5.41) is 6.85. The average Bonchev–Trinajstić information content (AvgIpc) is 3.11. The van der Waals surface area contributed by atoms with E-state index in [0.717, 1.165) is 12.3 Å². The van der Waals surface area contributed by atoms with Crippen LogP contribution in [0.4, 0.5) is 17.6 Å². The van der Waals surface area contributed by atoms with Gasteiger partial charge in [-0.25, -0.2) is 14.1 Å². The van der Waals surface area contributed by atoms with Gasteiger partial charge in [-0.05, 0) is 35.7 Å². The Morgan fingerprint density at radius 1 is 1.17 bits per heavy atom. The summed E-state index contributed by atoms with van der Waals surface area (Å²) in [5.41, 5.74) is 0.515. The van der Waals surface area contributed by atoms with E-state index in [2.05, 4.69) is 15.4 Å². The molecule has 1 N–H and O–H groups in total. The lowest BCUT2D eigenvalue weighted by Gasteiger charge is -2.13. The van der Waals surface area contributed by atoms with Crippen molar-refractivity contribution >= 4 is 5.91 Å². The molecule has 0 saturated carbocycles. The Morgan fingerprint density at radius 3 is 2.52 bits per heavy atom. The number of carbonyl (C=O) groups is 1. The Morgan fingerprint density at radius 2 is 1.93 bits per heavy atom. The van der Waals surface area contributed by atoms with Gasteiger partial charge in [0, 0.05) is 12.7 Å². The molecule has 1 aromatic carbocycles. The van der Waals surface area contributed by atoms with Gasteiger partial charge in [-0.3, -0.25) is 4.79 Å². The second-order valence-corrected chi connectivity index (χ2v) is 6.73. The van der Waals surface area contributed by atoms with Gasteiger partial charge in [0.15, 0.2) is 5.82 Å². The Bertz CT molecular complexity index is 1010. The highest BCUT2D eigenvalue weighted by molar-refractivity contribution is 5.95. The van der Waals surface area contributed by atoms with E-state index >= 15 is 0 Å². The third-order valence-corrected chi connectivity index (χ3v) is 4.23. The first kappa shape index (κ1) is 20.5. The van der Waals surface area contributed by atoms with E-state index in [4.69, 9.17) is 0 Å². The van der Waals surface area contributed by atoms with E-state index in [1.54, 1.807) is 12.1 Å². The second-order valence-electron chi connectivity index (χ2n) is 6.73. The largest absolute Gasteiger partial charge is 0.417 e. The molecular formula is C20H18F4N4O. The summed E-state index contributed by atoms with van der Waals surface area (Å²) in [7, 11) is 0. The minimum Gasteiger partial charge on any atom is -0.348 e. The molecule has 0 spiro atoms. The lowest BCUT2D eigenvalue weighted by Crippen LogP contribution is -2.24. The molecule has 0 saturated heterocycles. The zero-order valence-electron chi connectivity index (χ0n) is 15.7. The number of amides is 1. The average molecular weight is 406 g/mol. The summed E-state index contributed by atoms with van der Waals surface area (Å²) in [6.45, 7) is 3.79. The van der Waals surface area contributed by atoms with E-state index in [0.29, 0.717) is 11.3 Å². The van der Waals surface area contributed by atoms with Crippen LogP contribution in [0.2, 0.25) is 0 Å². The monoisotopic (exact) mass is 406 g/mol. The number of aromatic nitrogens is 3. The number of nitrogens with one attached hydrogen (secondary N) is 1. The molecule has 0 radical (unpaired) electrons. The van der Waals surface area contributed by atoms with E-state index < -0.39 is 23.5 Å². The second kappa shape index (κ2) is 8.02. The number of pyridine rings is 1. The van der Waals surface area contributed by atoms with E-state index in [-0.39, 0.29) is 23.8 Å². The molecule has 29 heavy (non-hydrogen) atoms. The Hall–Kier alpha value is -3.23. The first-order chi connectivity index (χ1) is 13.7. The zero-order valence-corrected chi connectivity index (χ0v) is 15.7. The van der Waals surface area contributed by atoms with Crippen LogP contribution in [0.3, 0.4) is 0 Å². The summed E-state index contributed by atoms with van der Waals surface area (Å²) in [5.74, 6) is -0.806. The lowest BCUT2D eigenvalue weighted by atomic mass is 10.1. The van der Waals surface area contributed by atoms with Crippen molar-refractivity contribution < 1.29 is 22.4 Å². The van der Waals surface area contributed by atoms with Gasteiger partial charge in [-0.1, -0.05) is 26.0 Å². The highest BCUT2D eigenvalue weighted by Crippen LogP contribution is 2.29. The summed E-state index contributed by atoms with van der Waals surface area (Å²) >= 11 is 0. The summed E-state index contributed by atoms with van der Waals surface area (Å²) in [6.07, 6.45) is -2.42. The molecule has 1 amide bonds. The molecule has 3 rings (SSSR count). The van der Waals surface area contributed by atoms with Crippen LogP contribution in [-0.4, -0.2) is 20.7 Å². The van der Waals surface area contributed by atoms with E-state index in [9.17, 15) is 22.4 Å².